The van der Waals surface area contributed by atoms with E-state index in [9.17, 15) is 4.79 Å². The van der Waals surface area contributed by atoms with E-state index in [0.29, 0.717) is 18.9 Å². The third kappa shape index (κ3) is 3.67. The van der Waals surface area contributed by atoms with Crippen LogP contribution < -0.4 is 4.90 Å². The Morgan fingerprint density at radius 3 is 3.16 bits per heavy atom. The molecule has 1 saturated heterocycles. The predicted molar refractivity (Wildman–Crippen MR) is 74.7 cm³/mol. The second-order valence-electron chi connectivity index (χ2n) is 4.84. The van der Waals surface area contributed by atoms with Crippen molar-refractivity contribution < 1.29 is 14.3 Å². The summed E-state index contributed by atoms with van der Waals surface area (Å²) in [6.45, 7) is 5.81. The number of aromatic nitrogens is 1. The Balaban J connectivity index is 1.97. The maximum Gasteiger partial charge on any atom is 0.305 e. The number of ether oxygens (including phenoxy) is 2. The monoisotopic (exact) mass is 284 g/mol. The summed E-state index contributed by atoms with van der Waals surface area (Å²) >= 11 is 1.63. The van der Waals surface area contributed by atoms with Crippen molar-refractivity contribution in [3.05, 3.63) is 11.1 Å². The van der Waals surface area contributed by atoms with Gasteiger partial charge in [0.2, 0.25) is 0 Å². The van der Waals surface area contributed by atoms with Crippen LogP contribution in [0.5, 0.6) is 0 Å². The zero-order valence-corrected chi connectivity index (χ0v) is 12.4. The van der Waals surface area contributed by atoms with Gasteiger partial charge in [-0.25, -0.2) is 4.98 Å². The van der Waals surface area contributed by atoms with E-state index in [1.807, 2.05) is 5.38 Å². The van der Waals surface area contributed by atoms with E-state index >= 15 is 0 Å². The quantitative estimate of drug-likeness (QED) is 0.790. The third-order valence-electron chi connectivity index (χ3n) is 3.21. The van der Waals surface area contributed by atoms with E-state index in [0.717, 1.165) is 24.0 Å². The Morgan fingerprint density at radius 1 is 1.63 bits per heavy atom. The highest BCUT2D eigenvalue weighted by Crippen LogP contribution is 2.26. The lowest BCUT2D eigenvalue weighted by Gasteiger charge is -2.36. The van der Waals surface area contributed by atoms with Crippen molar-refractivity contribution in [2.24, 2.45) is 0 Å². The molecule has 2 unspecified atom stereocenters. The summed E-state index contributed by atoms with van der Waals surface area (Å²) in [6, 6.07) is 0.343. The number of carbonyl (C=O) groups is 1. The molecule has 0 N–H and O–H groups in total. The highest BCUT2D eigenvalue weighted by Gasteiger charge is 2.25. The maximum atomic E-state index is 11.1. The molecule has 19 heavy (non-hydrogen) atoms. The van der Waals surface area contributed by atoms with Gasteiger partial charge in [-0.1, -0.05) is 0 Å². The average Bonchev–Trinajstić information content (AvgIpc) is 2.87. The number of aryl methyl sites for hydroxylation is 1. The molecule has 0 saturated carbocycles. The fraction of sp³-hybridized carbons (Fsp3) is 0.692. The van der Waals surface area contributed by atoms with E-state index in [-0.39, 0.29) is 12.1 Å². The summed E-state index contributed by atoms with van der Waals surface area (Å²) in [5.74, 6) is -0.192. The number of morpholine rings is 1. The van der Waals surface area contributed by atoms with E-state index < -0.39 is 0 Å². The molecular weight excluding hydrogens is 264 g/mol. The van der Waals surface area contributed by atoms with Crippen molar-refractivity contribution in [1.29, 1.82) is 0 Å². The molecule has 1 fully saturated rings. The molecule has 2 atom stereocenters. The number of nitrogens with zero attached hydrogens (tertiary/aromatic N) is 2. The van der Waals surface area contributed by atoms with Crippen LogP contribution in [0.2, 0.25) is 0 Å². The summed E-state index contributed by atoms with van der Waals surface area (Å²) in [6.07, 6.45) is 1.25. The second kappa shape index (κ2) is 6.34. The average molecular weight is 284 g/mol. The van der Waals surface area contributed by atoms with Gasteiger partial charge in [-0.2, -0.15) is 0 Å². The molecule has 1 aromatic heterocycles. The van der Waals surface area contributed by atoms with Crippen LogP contribution in [0.1, 0.15) is 26.0 Å². The van der Waals surface area contributed by atoms with Gasteiger partial charge in [-0.15, -0.1) is 11.3 Å². The van der Waals surface area contributed by atoms with Crippen LogP contribution >= 0.6 is 11.3 Å². The number of thiazole rings is 1. The molecular formula is C13H20N2O3S. The topological polar surface area (TPSA) is 51.7 Å². The molecule has 106 valence electrons. The van der Waals surface area contributed by atoms with E-state index in [2.05, 4.69) is 28.5 Å². The summed E-state index contributed by atoms with van der Waals surface area (Å²) < 4.78 is 10.3. The lowest BCUT2D eigenvalue weighted by Crippen LogP contribution is -2.47. The van der Waals surface area contributed by atoms with Crippen LogP contribution in [0, 0.1) is 0 Å². The number of methoxy groups -OCH3 is 1. The van der Waals surface area contributed by atoms with E-state index in [1.165, 1.54) is 7.11 Å². The minimum Gasteiger partial charge on any atom is -0.469 e. The maximum absolute atomic E-state index is 11.1. The number of hydrogen-bond donors (Lipinski definition) is 0. The first-order chi connectivity index (χ1) is 9.10. The van der Waals surface area contributed by atoms with Gasteiger partial charge < -0.3 is 14.4 Å². The van der Waals surface area contributed by atoms with Gasteiger partial charge in [0.1, 0.15) is 0 Å². The fourth-order valence-corrected chi connectivity index (χ4v) is 3.02. The summed E-state index contributed by atoms with van der Waals surface area (Å²) in [7, 11) is 1.41. The molecule has 1 aliphatic rings. The first-order valence-corrected chi connectivity index (χ1v) is 7.37. The van der Waals surface area contributed by atoms with Crippen molar-refractivity contribution in [3.8, 4) is 0 Å². The normalized spacial score (nSPS) is 23.4. The van der Waals surface area contributed by atoms with Crippen LogP contribution in [0.25, 0.3) is 0 Å². The molecule has 2 rings (SSSR count). The van der Waals surface area contributed by atoms with Crippen molar-refractivity contribution in [3.63, 3.8) is 0 Å². The first-order valence-electron chi connectivity index (χ1n) is 6.49. The van der Waals surface area contributed by atoms with Gasteiger partial charge >= 0.3 is 5.97 Å². The Morgan fingerprint density at radius 2 is 2.42 bits per heavy atom. The summed E-state index contributed by atoms with van der Waals surface area (Å²) in [4.78, 5) is 18.0. The largest absolute Gasteiger partial charge is 0.469 e. The third-order valence-corrected chi connectivity index (χ3v) is 4.13. The highest BCUT2D eigenvalue weighted by atomic mass is 32.1. The molecule has 1 aromatic rings. The summed E-state index contributed by atoms with van der Waals surface area (Å²) in [5.41, 5.74) is 0.955. The number of carbonyl (C=O) groups excluding carboxylic acids is 1. The van der Waals surface area contributed by atoms with E-state index in [4.69, 9.17) is 4.74 Å². The number of hydrogen-bond acceptors (Lipinski definition) is 6. The number of rotatable bonds is 4. The Hall–Kier alpha value is -1.14. The minimum atomic E-state index is -0.192. The predicted octanol–water partition coefficient (Wildman–Crippen LogP) is 1.86. The van der Waals surface area contributed by atoms with Crippen molar-refractivity contribution >= 4 is 22.4 Å². The van der Waals surface area contributed by atoms with E-state index in [1.54, 1.807) is 11.3 Å². The molecule has 0 radical (unpaired) electrons. The minimum absolute atomic E-state index is 0.192. The molecule has 0 aromatic carbocycles. The van der Waals surface area contributed by atoms with Gasteiger partial charge in [0, 0.05) is 18.3 Å². The molecule has 2 heterocycles. The molecule has 0 amide bonds. The van der Waals surface area contributed by atoms with Crippen LogP contribution in [0.4, 0.5) is 5.13 Å². The fourth-order valence-electron chi connectivity index (χ4n) is 2.04. The van der Waals surface area contributed by atoms with Gasteiger partial charge in [-0.3, -0.25) is 4.79 Å². The standard InChI is InChI=1S/C13H20N2O3S/c1-9-7-18-10(2)6-15(9)13-14-11(8-19-13)4-5-12(16)17-3/h8-10H,4-7H2,1-3H3. The van der Waals surface area contributed by atoms with Gasteiger partial charge in [0.15, 0.2) is 5.13 Å². The van der Waals surface area contributed by atoms with Crippen LogP contribution in [0.3, 0.4) is 0 Å². The number of anilines is 1. The molecule has 0 spiro atoms. The first kappa shape index (κ1) is 14.3. The molecule has 5 nitrogen and oxygen atoms in total. The lowest BCUT2D eigenvalue weighted by atomic mass is 10.2. The molecule has 0 bridgehead atoms. The Bertz CT molecular complexity index is 435. The number of esters is 1. The zero-order chi connectivity index (χ0) is 13.8. The molecule has 0 aliphatic carbocycles. The SMILES string of the molecule is COC(=O)CCc1csc(N2CC(C)OCC2C)n1. The second-order valence-corrected chi connectivity index (χ2v) is 5.68. The molecule has 1 aliphatic heterocycles. The van der Waals surface area contributed by atoms with Crippen molar-refractivity contribution in [2.45, 2.75) is 38.8 Å². The summed E-state index contributed by atoms with van der Waals surface area (Å²) in [5, 5.41) is 3.04. The highest BCUT2D eigenvalue weighted by molar-refractivity contribution is 7.13. The van der Waals surface area contributed by atoms with Gasteiger partial charge in [0.05, 0.1) is 38.0 Å². The van der Waals surface area contributed by atoms with Crippen LogP contribution in [0.15, 0.2) is 5.38 Å². The van der Waals surface area contributed by atoms with Gasteiger partial charge in [-0.05, 0) is 13.8 Å². The lowest BCUT2D eigenvalue weighted by molar-refractivity contribution is -0.140. The van der Waals surface area contributed by atoms with Crippen molar-refractivity contribution in [2.75, 3.05) is 25.2 Å². The van der Waals surface area contributed by atoms with Gasteiger partial charge in [0.25, 0.3) is 0 Å². The van der Waals surface area contributed by atoms with Crippen LogP contribution in [-0.2, 0) is 20.7 Å². The smallest absolute Gasteiger partial charge is 0.305 e. The zero-order valence-electron chi connectivity index (χ0n) is 11.6. The molecule has 6 heteroatoms. The Kier molecular flexibility index (Phi) is 4.76. The van der Waals surface area contributed by atoms with Crippen LogP contribution in [-0.4, -0.2) is 43.4 Å². The Labute approximate surface area is 117 Å². The van der Waals surface area contributed by atoms with Crippen molar-refractivity contribution in [1.82, 2.24) is 4.98 Å².